The number of H-pyrrole nitrogens is 1. The number of rotatable bonds is 0. The first kappa shape index (κ1) is 6.90. The molecule has 0 atom stereocenters. The van der Waals surface area contributed by atoms with Crippen LogP contribution in [0.15, 0.2) is 4.79 Å². The molecule has 0 spiro atoms. The summed E-state index contributed by atoms with van der Waals surface area (Å²) < 4.78 is -0.154. The summed E-state index contributed by atoms with van der Waals surface area (Å²) in [5.74, 6) is 0. The van der Waals surface area contributed by atoms with Gasteiger partial charge < -0.3 is 9.94 Å². The number of imidazole rings is 1. The Morgan fingerprint density at radius 1 is 1.45 bits per heavy atom. The van der Waals surface area contributed by atoms with Crippen molar-refractivity contribution in [2.24, 2.45) is 0 Å². The third-order valence-electron chi connectivity index (χ3n) is 1.07. The minimum absolute atomic E-state index is 0.154. The van der Waals surface area contributed by atoms with E-state index in [1.165, 1.54) is 12.1 Å². The zero-order valence-corrected chi connectivity index (χ0v) is 5.16. The quantitative estimate of drug-likeness (QED) is 0.524. The third-order valence-corrected chi connectivity index (χ3v) is 1.07. The summed E-state index contributed by atoms with van der Waals surface area (Å²) in [6, 6.07) is 2.94. The summed E-state index contributed by atoms with van der Waals surface area (Å²) in [5, 5.41) is 27.1. The van der Waals surface area contributed by atoms with Crippen molar-refractivity contribution in [3.05, 3.63) is 27.1 Å². The Balaban J connectivity index is 3.58. The van der Waals surface area contributed by atoms with Crippen LogP contribution in [0, 0.1) is 27.9 Å². The van der Waals surface area contributed by atoms with E-state index in [0.29, 0.717) is 0 Å². The van der Waals surface area contributed by atoms with Crippen LogP contribution in [0.25, 0.3) is 0 Å². The van der Waals surface area contributed by atoms with Crippen LogP contribution in [0.1, 0.15) is 11.4 Å². The van der Waals surface area contributed by atoms with E-state index in [1.807, 2.05) is 4.98 Å². The Morgan fingerprint density at radius 3 is 2.45 bits per heavy atom. The van der Waals surface area contributed by atoms with E-state index in [1.54, 1.807) is 0 Å². The monoisotopic (exact) mass is 149 g/mol. The van der Waals surface area contributed by atoms with Gasteiger partial charge in [0.1, 0.15) is 12.1 Å². The predicted octanol–water partition coefficient (Wildman–Crippen LogP) is -0.734. The van der Waals surface area contributed by atoms with E-state index in [-0.39, 0.29) is 10.4 Å². The highest BCUT2D eigenvalue weighted by Crippen LogP contribution is 1.97. The first-order chi connectivity index (χ1) is 5.20. The molecule has 0 saturated heterocycles. The maximum atomic E-state index is 10.6. The Hall–Kier alpha value is -2.21. The molecule has 1 heterocycles. The summed E-state index contributed by atoms with van der Waals surface area (Å²) in [6.07, 6.45) is 0. The molecule has 0 bridgehead atoms. The second kappa shape index (κ2) is 2.20. The molecular formula is C5HN4O2-. The van der Waals surface area contributed by atoms with Crippen LogP contribution < -0.4 is 5.69 Å². The van der Waals surface area contributed by atoms with Crippen molar-refractivity contribution in [1.29, 1.82) is 10.5 Å². The molecule has 1 rings (SSSR count). The zero-order valence-electron chi connectivity index (χ0n) is 5.16. The lowest BCUT2D eigenvalue weighted by atomic mass is 10.4. The molecule has 0 unspecified atom stereocenters. The van der Waals surface area contributed by atoms with Crippen molar-refractivity contribution in [1.82, 2.24) is 9.71 Å². The Morgan fingerprint density at radius 2 is 2.09 bits per heavy atom. The molecule has 0 fully saturated rings. The van der Waals surface area contributed by atoms with Crippen LogP contribution in [-0.4, -0.2) is 9.71 Å². The average Bonchev–Trinajstić information content (AvgIpc) is 2.28. The molecule has 0 amide bonds. The minimum Gasteiger partial charge on any atom is -0.802 e. The molecule has 1 N–H and O–H groups in total. The number of hydrogen-bond acceptors (Lipinski definition) is 4. The highest BCUT2D eigenvalue weighted by atomic mass is 16.5. The van der Waals surface area contributed by atoms with Gasteiger partial charge in [-0.05, 0) is 0 Å². The summed E-state index contributed by atoms with van der Waals surface area (Å²) in [4.78, 5) is 12.4. The third kappa shape index (κ3) is 0.825. The number of aromatic amines is 1. The van der Waals surface area contributed by atoms with E-state index in [2.05, 4.69) is 0 Å². The molecule has 1 aromatic heterocycles. The molecule has 6 heteroatoms. The fraction of sp³-hybridized carbons (Fsp3) is 0. The number of aromatic nitrogens is 2. The van der Waals surface area contributed by atoms with Crippen molar-refractivity contribution >= 4 is 0 Å². The van der Waals surface area contributed by atoms with Gasteiger partial charge in [-0.25, -0.2) is 4.79 Å². The van der Waals surface area contributed by atoms with Gasteiger partial charge in [0.15, 0.2) is 11.4 Å². The van der Waals surface area contributed by atoms with Crippen LogP contribution in [-0.2, 0) is 0 Å². The topological polar surface area (TPSA) is 108 Å². The van der Waals surface area contributed by atoms with Crippen LogP contribution in [0.4, 0.5) is 0 Å². The standard InChI is InChI=1S/C5HN4O2/c6-1-3-4(2-7)9(11)5(10)8-3/h(H,8,10)/q-1. The average molecular weight is 149 g/mol. The molecule has 0 aliphatic heterocycles. The number of nitrogens with zero attached hydrogens (tertiary/aromatic N) is 3. The van der Waals surface area contributed by atoms with E-state index in [0.717, 1.165) is 0 Å². The van der Waals surface area contributed by atoms with Gasteiger partial charge in [0.2, 0.25) is 0 Å². The van der Waals surface area contributed by atoms with Gasteiger partial charge in [-0.3, -0.25) is 4.98 Å². The molecule has 0 radical (unpaired) electrons. The van der Waals surface area contributed by atoms with Gasteiger partial charge in [-0.15, -0.1) is 0 Å². The van der Waals surface area contributed by atoms with Crippen molar-refractivity contribution in [2.75, 3.05) is 0 Å². The number of hydrogen-bond donors (Lipinski definition) is 1. The Kier molecular flexibility index (Phi) is 1.38. The summed E-state index contributed by atoms with van der Waals surface area (Å²) in [5.41, 5.74) is -1.79. The van der Waals surface area contributed by atoms with Crippen LogP contribution in [0.5, 0.6) is 0 Å². The normalized spacial score (nSPS) is 8.55. The lowest BCUT2D eigenvalue weighted by Gasteiger charge is -2.01. The lowest BCUT2D eigenvalue weighted by Crippen LogP contribution is -2.12. The SMILES string of the molecule is N#Cc1[nH]c(=O)n([O-])c1C#N. The van der Waals surface area contributed by atoms with E-state index < -0.39 is 11.4 Å². The highest BCUT2D eigenvalue weighted by Gasteiger charge is 2.06. The number of nitrogens with one attached hydrogen (secondary N) is 1. The first-order valence-corrected chi connectivity index (χ1v) is 2.53. The highest BCUT2D eigenvalue weighted by molar-refractivity contribution is 5.36. The molecule has 6 nitrogen and oxygen atoms in total. The second-order valence-electron chi connectivity index (χ2n) is 1.67. The van der Waals surface area contributed by atoms with Crippen LogP contribution >= 0.6 is 0 Å². The van der Waals surface area contributed by atoms with Crippen molar-refractivity contribution in [3.8, 4) is 12.1 Å². The van der Waals surface area contributed by atoms with E-state index in [4.69, 9.17) is 10.5 Å². The smallest absolute Gasteiger partial charge is 0.322 e. The van der Waals surface area contributed by atoms with E-state index in [9.17, 15) is 10.0 Å². The van der Waals surface area contributed by atoms with Crippen molar-refractivity contribution in [3.63, 3.8) is 0 Å². The first-order valence-electron chi connectivity index (χ1n) is 2.53. The predicted molar refractivity (Wildman–Crippen MR) is 33.2 cm³/mol. The van der Waals surface area contributed by atoms with Gasteiger partial charge >= 0.3 is 5.69 Å². The fourth-order valence-corrected chi connectivity index (χ4v) is 0.602. The van der Waals surface area contributed by atoms with Crippen molar-refractivity contribution in [2.45, 2.75) is 0 Å². The molecule has 0 aromatic carbocycles. The summed E-state index contributed by atoms with van der Waals surface area (Å²) >= 11 is 0. The molecule has 0 saturated carbocycles. The van der Waals surface area contributed by atoms with E-state index >= 15 is 0 Å². The summed E-state index contributed by atoms with van der Waals surface area (Å²) in [6.45, 7) is 0. The minimum atomic E-state index is -1.00. The zero-order chi connectivity index (χ0) is 8.43. The molecule has 0 aliphatic rings. The molecule has 0 aliphatic carbocycles. The molecule has 11 heavy (non-hydrogen) atoms. The van der Waals surface area contributed by atoms with Gasteiger partial charge in [-0.1, -0.05) is 0 Å². The van der Waals surface area contributed by atoms with Gasteiger partial charge in [0.25, 0.3) is 0 Å². The maximum Gasteiger partial charge on any atom is 0.322 e. The Bertz CT molecular complexity index is 413. The van der Waals surface area contributed by atoms with Gasteiger partial charge in [0.05, 0.1) is 0 Å². The molecule has 54 valence electrons. The van der Waals surface area contributed by atoms with Gasteiger partial charge in [0, 0.05) is 0 Å². The summed E-state index contributed by atoms with van der Waals surface area (Å²) in [7, 11) is 0. The van der Waals surface area contributed by atoms with Gasteiger partial charge in [-0.2, -0.15) is 10.5 Å². The fourth-order valence-electron chi connectivity index (χ4n) is 0.602. The molecule has 1 aromatic rings. The second-order valence-corrected chi connectivity index (χ2v) is 1.67. The maximum absolute atomic E-state index is 10.6. The largest absolute Gasteiger partial charge is 0.802 e. The van der Waals surface area contributed by atoms with Crippen molar-refractivity contribution < 1.29 is 0 Å². The Labute approximate surface area is 60.5 Å². The lowest BCUT2D eigenvalue weighted by molar-refractivity contribution is 0.983. The molecular weight excluding hydrogens is 148 g/mol. The number of nitriles is 2. The van der Waals surface area contributed by atoms with Crippen LogP contribution in [0.3, 0.4) is 0 Å². The van der Waals surface area contributed by atoms with Crippen LogP contribution in [0.2, 0.25) is 0 Å².